The number of anilines is 1. The highest BCUT2D eigenvalue weighted by Crippen LogP contribution is 2.21. The monoisotopic (exact) mass is 294 g/mol. The molecule has 0 aliphatic carbocycles. The van der Waals surface area contributed by atoms with Crippen LogP contribution in [0.2, 0.25) is 0 Å². The Morgan fingerprint density at radius 3 is 2.57 bits per heavy atom. The summed E-state index contributed by atoms with van der Waals surface area (Å²) < 4.78 is 5.06. The second-order valence-corrected chi connectivity index (χ2v) is 4.99. The molecule has 0 radical (unpaired) electrons. The summed E-state index contributed by atoms with van der Waals surface area (Å²) in [6.07, 6.45) is 0.558. The third kappa shape index (κ3) is 2.61. The van der Waals surface area contributed by atoms with Gasteiger partial charge in [-0.15, -0.1) is 0 Å². The third-order valence-electron chi connectivity index (χ3n) is 3.64. The molecule has 114 valence electrons. The van der Waals surface area contributed by atoms with Gasteiger partial charge in [-0.2, -0.15) is 0 Å². The van der Waals surface area contributed by atoms with Gasteiger partial charge in [0.15, 0.2) is 0 Å². The van der Waals surface area contributed by atoms with E-state index in [9.17, 15) is 14.4 Å². The molecular formula is C13H18N4O4. The summed E-state index contributed by atoms with van der Waals surface area (Å²) in [5.41, 5.74) is 1.54. The maximum absolute atomic E-state index is 12.0. The molecule has 1 aromatic rings. The number of amides is 4. The largest absolute Gasteiger partial charge is 0.338 e. The summed E-state index contributed by atoms with van der Waals surface area (Å²) in [4.78, 5) is 37.8. The average Bonchev–Trinajstić information content (AvgIpc) is 2.88. The molecule has 8 heteroatoms. The fourth-order valence-electron chi connectivity index (χ4n) is 2.33. The van der Waals surface area contributed by atoms with Crippen LogP contribution in [0, 0.1) is 6.92 Å². The van der Waals surface area contributed by atoms with Crippen LogP contribution in [0.1, 0.15) is 24.6 Å². The second-order valence-electron chi connectivity index (χ2n) is 4.99. The van der Waals surface area contributed by atoms with Gasteiger partial charge < -0.3 is 9.42 Å². The molecule has 1 atom stereocenters. The van der Waals surface area contributed by atoms with Crippen molar-refractivity contribution in [2.75, 3.05) is 19.4 Å². The van der Waals surface area contributed by atoms with Gasteiger partial charge >= 0.3 is 6.03 Å². The minimum Gasteiger partial charge on any atom is -0.338 e. The highest BCUT2D eigenvalue weighted by atomic mass is 16.5. The van der Waals surface area contributed by atoms with Crippen LogP contribution in [-0.2, 0) is 16.0 Å². The van der Waals surface area contributed by atoms with Crippen LogP contribution in [0.15, 0.2) is 4.52 Å². The highest BCUT2D eigenvalue weighted by molar-refractivity contribution is 6.06. The Hall–Kier alpha value is -2.38. The Labute approximate surface area is 122 Å². The number of likely N-dealkylation sites (N-methyl/N-ethyl adjacent to an activating group) is 2. The summed E-state index contributed by atoms with van der Waals surface area (Å²) in [5.74, 6) is -0.482. The molecule has 1 aliphatic rings. The van der Waals surface area contributed by atoms with Crippen molar-refractivity contribution in [3.8, 4) is 0 Å². The van der Waals surface area contributed by atoms with Crippen molar-refractivity contribution in [1.29, 1.82) is 0 Å². The van der Waals surface area contributed by atoms with E-state index >= 15 is 0 Å². The first-order chi connectivity index (χ1) is 9.86. The molecule has 1 fully saturated rings. The van der Waals surface area contributed by atoms with E-state index in [1.54, 1.807) is 6.92 Å². The van der Waals surface area contributed by atoms with E-state index in [-0.39, 0.29) is 12.3 Å². The summed E-state index contributed by atoms with van der Waals surface area (Å²) in [5, 5.41) is 6.40. The van der Waals surface area contributed by atoms with E-state index in [4.69, 9.17) is 4.52 Å². The molecule has 1 saturated heterocycles. The molecule has 0 spiro atoms. The maximum atomic E-state index is 12.0. The number of nitrogens with one attached hydrogen (secondary N) is 1. The third-order valence-corrected chi connectivity index (χ3v) is 3.64. The number of aryl methyl sites for hydroxylation is 1. The zero-order chi connectivity index (χ0) is 15.7. The van der Waals surface area contributed by atoms with Gasteiger partial charge in [-0.1, -0.05) is 12.1 Å². The van der Waals surface area contributed by atoms with Crippen LogP contribution in [0.3, 0.4) is 0 Å². The highest BCUT2D eigenvalue weighted by Gasteiger charge is 2.41. The van der Waals surface area contributed by atoms with Crippen molar-refractivity contribution in [2.24, 2.45) is 0 Å². The van der Waals surface area contributed by atoms with Crippen LogP contribution in [0.5, 0.6) is 0 Å². The molecule has 4 amide bonds. The van der Waals surface area contributed by atoms with Crippen molar-refractivity contribution >= 4 is 23.7 Å². The van der Waals surface area contributed by atoms with Crippen LogP contribution in [0.25, 0.3) is 0 Å². The van der Waals surface area contributed by atoms with Crippen molar-refractivity contribution in [1.82, 2.24) is 15.0 Å². The first-order valence-corrected chi connectivity index (χ1v) is 6.66. The standard InChI is InChI=1S/C13H18N4O4/c1-5-8-7(2)15-21-11(8)14-10(18)6-9-12(19)17(4)13(20)16(9)3/h9H,5-6H2,1-4H3,(H,14,18). The molecule has 0 saturated carbocycles. The molecule has 1 N–H and O–H groups in total. The van der Waals surface area contributed by atoms with E-state index in [0.29, 0.717) is 12.3 Å². The molecule has 2 rings (SSSR count). The number of nitrogens with zero attached hydrogens (tertiary/aromatic N) is 3. The molecule has 1 aromatic heterocycles. The predicted octanol–water partition coefficient (Wildman–Crippen LogP) is 0.766. The Morgan fingerprint density at radius 2 is 2.05 bits per heavy atom. The number of aromatic nitrogens is 1. The number of hydrogen-bond acceptors (Lipinski definition) is 5. The zero-order valence-electron chi connectivity index (χ0n) is 12.5. The number of urea groups is 1. The number of rotatable bonds is 4. The molecule has 1 unspecified atom stereocenters. The van der Waals surface area contributed by atoms with Crippen molar-refractivity contribution in [3.63, 3.8) is 0 Å². The van der Waals surface area contributed by atoms with E-state index < -0.39 is 18.0 Å². The average molecular weight is 294 g/mol. The minimum absolute atomic E-state index is 0.117. The predicted molar refractivity (Wildman–Crippen MR) is 73.6 cm³/mol. The molecule has 8 nitrogen and oxygen atoms in total. The quantitative estimate of drug-likeness (QED) is 0.827. The molecule has 1 aliphatic heterocycles. The van der Waals surface area contributed by atoms with Crippen LogP contribution < -0.4 is 5.32 Å². The van der Waals surface area contributed by atoms with Gasteiger partial charge in [0, 0.05) is 19.7 Å². The van der Waals surface area contributed by atoms with Crippen LogP contribution >= 0.6 is 0 Å². The Bertz CT molecular complexity index is 595. The van der Waals surface area contributed by atoms with Crippen molar-refractivity contribution in [3.05, 3.63) is 11.3 Å². The number of carbonyl (C=O) groups is 3. The zero-order valence-corrected chi connectivity index (χ0v) is 12.5. The van der Waals surface area contributed by atoms with Crippen molar-refractivity contribution < 1.29 is 18.9 Å². The summed E-state index contributed by atoms with van der Waals surface area (Å²) in [7, 11) is 2.89. The lowest BCUT2D eigenvalue weighted by atomic mass is 10.1. The molecule has 0 bridgehead atoms. The van der Waals surface area contributed by atoms with E-state index in [1.807, 2.05) is 6.92 Å². The Balaban J connectivity index is 2.05. The van der Waals surface area contributed by atoms with Gasteiger partial charge in [-0.25, -0.2) is 4.79 Å². The Morgan fingerprint density at radius 1 is 1.38 bits per heavy atom. The number of imide groups is 1. The van der Waals surface area contributed by atoms with Gasteiger partial charge in [0.2, 0.25) is 11.8 Å². The van der Waals surface area contributed by atoms with Gasteiger partial charge in [-0.3, -0.25) is 19.8 Å². The Kier molecular flexibility index (Phi) is 3.97. The first kappa shape index (κ1) is 15.0. The minimum atomic E-state index is -0.781. The SMILES string of the molecule is CCc1c(C)noc1NC(=O)CC1C(=O)N(C)C(=O)N1C. The van der Waals surface area contributed by atoms with E-state index in [2.05, 4.69) is 10.5 Å². The van der Waals surface area contributed by atoms with Gasteiger partial charge in [-0.05, 0) is 13.3 Å². The normalized spacial score (nSPS) is 18.6. The lowest BCUT2D eigenvalue weighted by Crippen LogP contribution is -2.35. The molecular weight excluding hydrogens is 276 g/mol. The lowest BCUT2D eigenvalue weighted by molar-refractivity contribution is -0.129. The fourth-order valence-corrected chi connectivity index (χ4v) is 2.33. The first-order valence-electron chi connectivity index (χ1n) is 6.66. The molecule has 2 heterocycles. The maximum Gasteiger partial charge on any atom is 0.326 e. The van der Waals surface area contributed by atoms with E-state index in [1.165, 1.54) is 19.0 Å². The van der Waals surface area contributed by atoms with Gasteiger partial charge in [0.25, 0.3) is 5.91 Å². The van der Waals surface area contributed by atoms with Gasteiger partial charge in [0.1, 0.15) is 6.04 Å². The fraction of sp³-hybridized carbons (Fsp3) is 0.538. The molecule has 0 aromatic carbocycles. The smallest absolute Gasteiger partial charge is 0.326 e. The summed E-state index contributed by atoms with van der Waals surface area (Å²) in [6.45, 7) is 3.72. The number of hydrogen-bond donors (Lipinski definition) is 1. The van der Waals surface area contributed by atoms with Crippen molar-refractivity contribution in [2.45, 2.75) is 32.7 Å². The van der Waals surface area contributed by atoms with E-state index in [0.717, 1.165) is 16.2 Å². The molecule has 21 heavy (non-hydrogen) atoms. The topological polar surface area (TPSA) is 95.7 Å². The summed E-state index contributed by atoms with van der Waals surface area (Å²) >= 11 is 0. The number of carbonyl (C=O) groups excluding carboxylic acids is 3. The second kappa shape index (κ2) is 5.55. The van der Waals surface area contributed by atoms with Crippen LogP contribution in [-0.4, -0.2) is 52.9 Å². The van der Waals surface area contributed by atoms with Gasteiger partial charge in [0.05, 0.1) is 12.1 Å². The van der Waals surface area contributed by atoms with Crippen LogP contribution in [0.4, 0.5) is 10.7 Å². The lowest BCUT2D eigenvalue weighted by Gasteiger charge is -2.15. The summed E-state index contributed by atoms with van der Waals surface area (Å²) in [6, 6.07) is -1.20.